The van der Waals surface area contributed by atoms with Crippen LogP contribution in [0.5, 0.6) is 11.9 Å². The summed E-state index contributed by atoms with van der Waals surface area (Å²) in [6.45, 7) is 2.39. The number of benzene rings is 1. The summed E-state index contributed by atoms with van der Waals surface area (Å²) >= 11 is 0. The van der Waals surface area contributed by atoms with Crippen LogP contribution in [0.1, 0.15) is 11.1 Å². The maximum Gasteiger partial charge on any atom is 0.337 e. The number of hydrogen-bond acceptors (Lipinski definition) is 7. The van der Waals surface area contributed by atoms with Crippen molar-refractivity contribution in [3.8, 4) is 11.9 Å². The fourth-order valence-electron chi connectivity index (χ4n) is 1.77. The normalized spacial score (nSPS) is 9.87. The summed E-state index contributed by atoms with van der Waals surface area (Å²) < 4.78 is 9.86. The molecule has 23 heavy (non-hydrogen) atoms. The first-order valence-corrected chi connectivity index (χ1v) is 6.80. The van der Waals surface area contributed by atoms with Gasteiger partial charge in [-0.05, 0) is 12.5 Å². The second kappa shape index (κ2) is 7.78. The molecule has 0 saturated carbocycles. The van der Waals surface area contributed by atoms with Gasteiger partial charge in [0.2, 0.25) is 5.82 Å². The lowest BCUT2D eigenvalue weighted by Gasteiger charge is -2.11. The third-order valence-corrected chi connectivity index (χ3v) is 2.84. The van der Waals surface area contributed by atoms with Crippen LogP contribution in [0.2, 0.25) is 0 Å². The van der Waals surface area contributed by atoms with E-state index in [1.165, 1.54) is 14.2 Å². The number of aromatic nitrogens is 3. The second-order valence-electron chi connectivity index (χ2n) is 4.58. The molecule has 0 unspecified atom stereocenters. The summed E-state index contributed by atoms with van der Waals surface area (Å²) in [7, 11) is 2.83. The van der Waals surface area contributed by atoms with E-state index in [1.807, 2.05) is 31.2 Å². The fraction of sp³-hybridized carbons (Fsp3) is 0.286. The lowest BCUT2D eigenvalue weighted by Crippen LogP contribution is -2.39. The van der Waals surface area contributed by atoms with Gasteiger partial charge in [0, 0.05) is 6.54 Å². The van der Waals surface area contributed by atoms with E-state index in [-0.39, 0.29) is 17.7 Å². The van der Waals surface area contributed by atoms with E-state index in [9.17, 15) is 4.79 Å². The van der Waals surface area contributed by atoms with E-state index >= 15 is 0 Å². The standard InChI is InChI=1S/C14H18N6O3/c1-9-5-4-6-10(7-9)8-15-13(21)19-17-11-12(22-2)18-20-14(16-11)23-3/h4-7H,8H2,1-3H3,(H2,15,19,21)(H,16,17,20). The number of urea groups is 1. The van der Waals surface area contributed by atoms with Crippen molar-refractivity contribution in [2.24, 2.45) is 0 Å². The van der Waals surface area contributed by atoms with Gasteiger partial charge in [-0.15, -0.1) is 5.10 Å². The predicted molar refractivity (Wildman–Crippen MR) is 83.1 cm³/mol. The Labute approximate surface area is 133 Å². The first-order valence-electron chi connectivity index (χ1n) is 6.80. The highest BCUT2D eigenvalue weighted by atomic mass is 16.5. The van der Waals surface area contributed by atoms with E-state index in [0.29, 0.717) is 6.54 Å². The maximum absolute atomic E-state index is 11.8. The number of rotatable bonds is 6. The Kier molecular flexibility index (Phi) is 5.50. The zero-order valence-electron chi connectivity index (χ0n) is 13.1. The number of carbonyl (C=O) groups excluding carboxylic acids is 1. The van der Waals surface area contributed by atoms with Gasteiger partial charge in [0.1, 0.15) is 0 Å². The molecule has 2 aromatic rings. The van der Waals surface area contributed by atoms with E-state index in [2.05, 4.69) is 31.3 Å². The van der Waals surface area contributed by atoms with E-state index in [0.717, 1.165) is 11.1 Å². The largest absolute Gasteiger partial charge is 0.477 e. The number of hydrazine groups is 1. The van der Waals surface area contributed by atoms with Crippen LogP contribution in [0.3, 0.4) is 0 Å². The quantitative estimate of drug-likeness (QED) is 0.682. The first-order chi connectivity index (χ1) is 11.1. The van der Waals surface area contributed by atoms with Crippen molar-refractivity contribution >= 4 is 11.8 Å². The monoisotopic (exact) mass is 318 g/mol. The molecule has 0 spiro atoms. The summed E-state index contributed by atoms with van der Waals surface area (Å²) in [5.74, 6) is 0.315. The van der Waals surface area contributed by atoms with Crippen molar-refractivity contribution in [2.45, 2.75) is 13.5 Å². The van der Waals surface area contributed by atoms with Crippen molar-refractivity contribution in [2.75, 3.05) is 19.6 Å². The first kappa shape index (κ1) is 16.3. The van der Waals surface area contributed by atoms with E-state index < -0.39 is 6.03 Å². The van der Waals surface area contributed by atoms with Crippen LogP contribution in [0.4, 0.5) is 10.6 Å². The molecule has 0 atom stereocenters. The molecule has 1 heterocycles. The highest BCUT2D eigenvalue weighted by molar-refractivity contribution is 5.75. The minimum Gasteiger partial charge on any atom is -0.477 e. The highest BCUT2D eigenvalue weighted by Gasteiger charge is 2.10. The molecular weight excluding hydrogens is 300 g/mol. The number of anilines is 1. The lowest BCUT2D eigenvalue weighted by molar-refractivity contribution is 0.242. The third kappa shape index (κ3) is 4.70. The van der Waals surface area contributed by atoms with Gasteiger partial charge in [0.15, 0.2) is 0 Å². The number of aryl methyl sites for hydroxylation is 1. The van der Waals surface area contributed by atoms with Crippen molar-refractivity contribution in [1.82, 2.24) is 25.9 Å². The van der Waals surface area contributed by atoms with Gasteiger partial charge in [0.25, 0.3) is 5.88 Å². The Bertz CT molecular complexity index is 679. The average Bonchev–Trinajstić information content (AvgIpc) is 2.57. The summed E-state index contributed by atoms with van der Waals surface area (Å²) in [4.78, 5) is 15.8. The van der Waals surface area contributed by atoms with Crippen molar-refractivity contribution in [3.63, 3.8) is 0 Å². The molecule has 122 valence electrons. The minimum absolute atomic E-state index is 0.0512. The number of ether oxygens (including phenoxy) is 2. The summed E-state index contributed by atoms with van der Waals surface area (Å²) in [5, 5.41) is 10.1. The minimum atomic E-state index is -0.425. The van der Waals surface area contributed by atoms with Gasteiger partial charge in [-0.3, -0.25) is 10.9 Å². The zero-order valence-corrected chi connectivity index (χ0v) is 13.1. The highest BCUT2D eigenvalue weighted by Crippen LogP contribution is 2.18. The molecule has 0 radical (unpaired) electrons. The molecule has 2 amide bonds. The Morgan fingerprint density at radius 3 is 2.74 bits per heavy atom. The van der Waals surface area contributed by atoms with Gasteiger partial charge in [-0.1, -0.05) is 34.9 Å². The van der Waals surface area contributed by atoms with Gasteiger partial charge in [-0.2, -0.15) is 4.98 Å². The summed E-state index contributed by atoms with van der Waals surface area (Å²) in [5.41, 5.74) is 7.18. The van der Waals surface area contributed by atoms with Crippen LogP contribution in [-0.2, 0) is 6.54 Å². The molecule has 9 heteroatoms. The Morgan fingerprint density at radius 2 is 2.04 bits per heavy atom. The summed E-state index contributed by atoms with van der Waals surface area (Å²) in [6.07, 6.45) is 0. The van der Waals surface area contributed by atoms with E-state index in [4.69, 9.17) is 9.47 Å². The van der Waals surface area contributed by atoms with Crippen LogP contribution >= 0.6 is 0 Å². The number of nitrogens with zero attached hydrogens (tertiary/aromatic N) is 3. The number of nitrogens with one attached hydrogen (secondary N) is 3. The molecule has 0 aliphatic heterocycles. The molecule has 3 N–H and O–H groups in total. The fourth-order valence-corrected chi connectivity index (χ4v) is 1.77. The second-order valence-corrected chi connectivity index (χ2v) is 4.58. The Morgan fingerprint density at radius 1 is 1.22 bits per heavy atom. The molecule has 0 aliphatic carbocycles. The summed E-state index contributed by atoms with van der Waals surface area (Å²) in [6, 6.07) is 7.49. The van der Waals surface area contributed by atoms with E-state index in [1.54, 1.807) is 0 Å². The molecule has 1 aromatic heterocycles. The van der Waals surface area contributed by atoms with Gasteiger partial charge in [-0.25, -0.2) is 4.79 Å². The Hall–Kier alpha value is -3.10. The zero-order chi connectivity index (χ0) is 16.7. The van der Waals surface area contributed by atoms with Gasteiger partial charge >= 0.3 is 12.0 Å². The van der Waals surface area contributed by atoms with Crippen LogP contribution in [0.25, 0.3) is 0 Å². The molecule has 9 nitrogen and oxygen atoms in total. The van der Waals surface area contributed by atoms with Crippen molar-refractivity contribution in [1.29, 1.82) is 0 Å². The van der Waals surface area contributed by atoms with Crippen molar-refractivity contribution in [3.05, 3.63) is 35.4 Å². The van der Waals surface area contributed by atoms with Crippen LogP contribution in [-0.4, -0.2) is 35.4 Å². The number of hydrogen-bond donors (Lipinski definition) is 3. The molecule has 0 saturated heterocycles. The third-order valence-electron chi connectivity index (χ3n) is 2.84. The SMILES string of the molecule is COc1nnc(OC)c(NNC(=O)NCc2cccc(C)c2)n1. The predicted octanol–water partition coefficient (Wildman–Crippen LogP) is 1.02. The van der Waals surface area contributed by atoms with Crippen LogP contribution in [0, 0.1) is 6.92 Å². The van der Waals surface area contributed by atoms with Crippen molar-refractivity contribution < 1.29 is 14.3 Å². The topological polar surface area (TPSA) is 110 Å². The molecule has 2 rings (SSSR count). The lowest BCUT2D eigenvalue weighted by atomic mass is 10.1. The molecular formula is C14H18N6O3. The van der Waals surface area contributed by atoms with Crippen LogP contribution < -0.4 is 25.6 Å². The molecule has 0 aliphatic rings. The number of carbonyl (C=O) groups is 1. The van der Waals surface area contributed by atoms with Gasteiger partial charge in [0.05, 0.1) is 14.2 Å². The number of methoxy groups -OCH3 is 2. The smallest absolute Gasteiger partial charge is 0.337 e. The molecule has 0 bridgehead atoms. The maximum atomic E-state index is 11.8. The number of amides is 2. The molecule has 1 aromatic carbocycles. The molecule has 0 fully saturated rings. The Balaban J connectivity index is 1.89. The average molecular weight is 318 g/mol. The van der Waals surface area contributed by atoms with Gasteiger partial charge < -0.3 is 14.8 Å². The van der Waals surface area contributed by atoms with Crippen LogP contribution in [0.15, 0.2) is 24.3 Å².